The van der Waals surface area contributed by atoms with E-state index in [0.29, 0.717) is 17.9 Å². The van der Waals surface area contributed by atoms with Crippen LogP contribution in [0.3, 0.4) is 0 Å². The Balaban J connectivity index is 2.04. The summed E-state index contributed by atoms with van der Waals surface area (Å²) < 4.78 is 45.1. The van der Waals surface area contributed by atoms with Gasteiger partial charge in [-0.25, -0.2) is 0 Å². The third-order valence-electron chi connectivity index (χ3n) is 5.48. The zero-order chi connectivity index (χ0) is 22.9. The monoisotopic (exact) mass is 437 g/mol. The maximum Gasteiger partial charge on any atom is 0.416 e. The normalized spacial score (nSPS) is 13.9. The first-order chi connectivity index (χ1) is 14.7. The van der Waals surface area contributed by atoms with Crippen LogP contribution in [0.1, 0.15) is 63.1 Å². The van der Waals surface area contributed by atoms with E-state index in [9.17, 15) is 18.3 Å². The number of nitrogens with zero attached hydrogens (tertiary/aromatic N) is 1. The lowest BCUT2D eigenvalue weighted by atomic mass is 9.83. The van der Waals surface area contributed by atoms with Crippen LogP contribution >= 0.6 is 0 Å². The van der Waals surface area contributed by atoms with Crippen molar-refractivity contribution in [2.45, 2.75) is 58.2 Å². The van der Waals surface area contributed by atoms with E-state index in [-0.39, 0.29) is 12.0 Å². The molecule has 0 spiro atoms. The maximum absolute atomic E-state index is 13.1. The molecule has 0 amide bonds. The zero-order valence-electron chi connectivity index (χ0n) is 18.7. The van der Waals surface area contributed by atoms with Gasteiger partial charge >= 0.3 is 6.18 Å². The number of rotatable bonds is 12. The number of aliphatic hydroxyl groups is 1. The first-order valence-electron chi connectivity index (χ1n) is 11.1. The van der Waals surface area contributed by atoms with Gasteiger partial charge in [0.25, 0.3) is 0 Å². The van der Waals surface area contributed by atoms with Crippen LogP contribution < -0.4 is 4.74 Å². The lowest BCUT2D eigenvalue weighted by molar-refractivity contribution is -0.137. The third kappa shape index (κ3) is 6.97. The number of benzene rings is 2. The van der Waals surface area contributed by atoms with Gasteiger partial charge in [0.15, 0.2) is 0 Å². The molecule has 0 saturated carbocycles. The van der Waals surface area contributed by atoms with Crippen molar-refractivity contribution in [2.75, 3.05) is 26.2 Å². The number of alkyl halides is 3. The summed E-state index contributed by atoms with van der Waals surface area (Å²) in [5.74, 6) is 0.684. The van der Waals surface area contributed by atoms with Gasteiger partial charge in [0, 0.05) is 6.54 Å². The van der Waals surface area contributed by atoms with E-state index in [0.717, 1.165) is 51.0 Å². The Morgan fingerprint density at radius 1 is 0.839 bits per heavy atom. The van der Waals surface area contributed by atoms with Crippen LogP contribution in [0.15, 0.2) is 48.5 Å². The molecule has 172 valence electrons. The van der Waals surface area contributed by atoms with Gasteiger partial charge in [-0.1, -0.05) is 45.0 Å². The lowest BCUT2D eigenvalue weighted by Crippen LogP contribution is -2.27. The van der Waals surface area contributed by atoms with Crippen LogP contribution in [0.5, 0.6) is 5.75 Å². The minimum absolute atomic E-state index is 0.227. The summed E-state index contributed by atoms with van der Waals surface area (Å²) in [6, 6.07) is 11.9. The maximum atomic E-state index is 13.1. The van der Waals surface area contributed by atoms with Gasteiger partial charge in [0.05, 0.1) is 12.2 Å². The average Bonchev–Trinajstić information content (AvgIpc) is 2.76. The summed E-state index contributed by atoms with van der Waals surface area (Å²) in [6.45, 7) is 9.87. The first-order valence-corrected chi connectivity index (χ1v) is 11.1. The second-order valence-corrected chi connectivity index (χ2v) is 7.86. The summed E-state index contributed by atoms with van der Waals surface area (Å²) in [7, 11) is 0. The van der Waals surface area contributed by atoms with Crippen molar-refractivity contribution in [1.82, 2.24) is 4.90 Å². The van der Waals surface area contributed by atoms with Crippen LogP contribution in [0.25, 0.3) is 0 Å². The van der Waals surface area contributed by atoms with Gasteiger partial charge in [-0.2, -0.15) is 13.2 Å². The molecule has 1 N–H and O–H groups in total. The molecule has 0 heterocycles. The molecule has 0 bridgehead atoms. The Hall–Kier alpha value is -2.05. The minimum Gasteiger partial charge on any atom is -0.494 e. The number of hydrogen-bond donors (Lipinski definition) is 1. The first kappa shape index (κ1) is 25.2. The SMILES string of the molecule is CCCN(CCC)CCCOc1ccc(C(O)(CC)c2cccc(C(F)(F)F)c2)cc1. The van der Waals surface area contributed by atoms with Gasteiger partial charge in [0.1, 0.15) is 11.4 Å². The minimum atomic E-state index is -4.45. The van der Waals surface area contributed by atoms with Crippen molar-refractivity contribution in [3.8, 4) is 5.75 Å². The Morgan fingerprint density at radius 2 is 1.45 bits per heavy atom. The summed E-state index contributed by atoms with van der Waals surface area (Å²) >= 11 is 0. The Bertz CT molecular complexity index is 786. The van der Waals surface area contributed by atoms with E-state index in [1.165, 1.54) is 12.1 Å². The highest BCUT2D eigenvalue weighted by Gasteiger charge is 2.34. The molecule has 3 nitrogen and oxygen atoms in total. The Labute approximate surface area is 183 Å². The second-order valence-electron chi connectivity index (χ2n) is 7.86. The predicted molar refractivity (Wildman–Crippen MR) is 118 cm³/mol. The van der Waals surface area contributed by atoms with Gasteiger partial charge in [0.2, 0.25) is 0 Å². The number of ether oxygens (including phenoxy) is 1. The molecule has 0 aliphatic heterocycles. The fraction of sp³-hybridized carbons (Fsp3) is 0.520. The van der Waals surface area contributed by atoms with Crippen molar-refractivity contribution in [2.24, 2.45) is 0 Å². The third-order valence-corrected chi connectivity index (χ3v) is 5.48. The topological polar surface area (TPSA) is 32.7 Å². The highest BCUT2D eigenvalue weighted by atomic mass is 19.4. The number of halogens is 3. The van der Waals surface area contributed by atoms with E-state index in [4.69, 9.17) is 4.74 Å². The molecule has 2 aromatic carbocycles. The Morgan fingerprint density at radius 3 is 2.00 bits per heavy atom. The molecular weight excluding hydrogens is 403 g/mol. The molecule has 1 unspecified atom stereocenters. The molecule has 1 atom stereocenters. The van der Waals surface area contributed by atoms with Gasteiger partial charge in [-0.3, -0.25) is 0 Å². The van der Waals surface area contributed by atoms with Crippen molar-refractivity contribution in [3.05, 3.63) is 65.2 Å². The Kier molecular flexibility index (Phi) is 9.38. The summed E-state index contributed by atoms with van der Waals surface area (Å²) in [5, 5.41) is 11.2. The quantitative estimate of drug-likeness (QED) is 0.399. The summed E-state index contributed by atoms with van der Waals surface area (Å²) in [6.07, 6.45) is -1.01. The highest BCUT2D eigenvalue weighted by molar-refractivity contribution is 5.40. The zero-order valence-corrected chi connectivity index (χ0v) is 18.7. The van der Waals surface area contributed by atoms with Gasteiger partial charge in [-0.05, 0) is 74.2 Å². The molecule has 2 aromatic rings. The van der Waals surface area contributed by atoms with Crippen molar-refractivity contribution >= 4 is 0 Å². The fourth-order valence-electron chi connectivity index (χ4n) is 3.80. The fourth-order valence-corrected chi connectivity index (χ4v) is 3.80. The number of hydrogen-bond acceptors (Lipinski definition) is 3. The molecule has 31 heavy (non-hydrogen) atoms. The van der Waals surface area contributed by atoms with Crippen molar-refractivity contribution in [3.63, 3.8) is 0 Å². The second kappa shape index (κ2) is 11.5. The van der Waals surface area contributed by atoms with E-state index in [2.05, 4.69) is 18.7 Å². The molecule has 0 aromatic heterocycles. The molecular formula is C25H34F3NO2. The van der Waals surface area contributed by atoms with Crippen LogP contribution in [0, 0.1) is 0 Å². The van der Waals surface area contributed by atoms with E-state index >= 15 is 0 Å². The predicted octanol–water partition coefficient (Wildman–Crippen LogP) is 6.24. The van der Waals surface area contributed by atoms with Crippen molar-refractivity contribution < 1.29 is 23.0 Å². The average molecular weight is 438 g/mol. The van der Waals surface area contributed by atoms with E-state index in [1.54, 1.807) is 31.2 Å². The van der Waals surface area contributed by atoms with Crippen LogP contribution in [0.2, 0.25) is 0 Å². The smallest absolute Gasteiger partial charge is 0.416 e. The summed E-state index contributed by atoms with van der Waals surface area (Å²) in [5.41, 5.74) is -1.50. The summed E-state index contributed by atoms with van der Waals surface area (Å²) in [4.78, 5) is 2.43. The molecule has 2 rings (SSSR count). The molecule has 0 fully saturated rings. The molecule has 0 saturated heterocycles. The van der Waals surface area contributed by atoms with Crippen LogP contribution in [0.4, 0.5) is 13.2 Å². The van der Waals surface area contributed by atoms with E-state index < -0.39 is 17.3 Å². The standard InChI is InChI=1S/C25H34F3NO2/c1-4-15-29(16-5-2)17-8-18-31-23-13-11-20(12-14-23)24(30,6-3)21-9-7-10-22(19-21)25(26,27)28/h7,9-14,19,30H,4-6,8,15-18H2,1-3H3. The van der Waals surface area contributed by atoms with E-state index in [1.807, 2.05) is 0 Å². The molecule has 0 aliphatic carbocycles. The van der Waals surface area contributed by atoms with Gasteiger partial charge in [-0.15, -0.1) is 0 Å². The molecule has 6 heteroatoms. The molecule has 0 radical (unpaired) electrons. The van der Waals surface area contributed by atoms with Gasteiger partial charge < -0.3 is 14.7 Å². The molecule has 0 aliphatic rings. The lowest BCUT2D eigenvalue weighted by Gasteiger charge is -2.29. The largest absolute Gasteiger partial charge is 0.494 e. The highest BCUT2D eigenvalue weighted by Crippen LogP contribution is 2.37. The van der Waals surface area contributed by atoms with Crippen LogP contribution in [-0.4, -0.2) is 36.2 Å². The van der Waals surface area contributed by atoms with Crippen molar-refractivity contribution in [1.29, 1.82) is 0 Å². The van der Waals surface area contributed by atoms with Crippen LogP contribution in [-0.2, 0) is 11.8 Å².